The molecule has 0 spiro atoms. The second kappa shape index (κ2) is 19.0. The van der Waals surface area contributed by atoms with Gasteiger partial charge in [0.1, 0.15) is 28.6 Å². The Morgan fingerprint density at radius 2 is 1.18 bits per heavy atom. The molecule has 6 aromatic rings. The number of aryl methyl sites for hydroxylation is 1. The van der Waals surface area contributed by atoms with E-state index in [2.05, 4.69) is 30.6 Å². The van der Waals surface area contributed by atoms with E-state index in [1.54, 1.807) is 33.5 Å². The number of aromatic nitrogens is 4. The van der Waals surface area contributed by atoms with E-state index in [1.807, 2.05) is 88.4 Å². The maximum atomic E-state index is 12.7. The van der Waals surface area contributed by atoms with Crippen LogP contribution in [0.5, 0.6) is 23.0 Å². The Bertz CT molecular complexity index is 2250. The first-order valence-electron chi connectivity index (χ1n) is 18.1. The molecule has 13 heteroatoms. The lowest BCUT2D eigenvalue weighted by molar-refractivity contribution is 0.0527. The Balaban J connectivity index is 0.000000211. The lowest BCUT2D eigenvalue weighted by atomic mass is 10.0. The fourth-order valence-corrected chi connectivity index (χ4v) is 5.64. The quantitative estimate of drug-likeness (QED) is 0.0759. The monoisotopic (exact) mass is 746 g/mol. The lowest BCUT2D eigenvalue weighted by Crippen LogP contribution is -2.09. The van der Waals surface area contributed by atoms with E-state index >= 15 is 0 Å². The molecule has 0 aliphatic heterocycles. The number of Topliss-reactive ketones (excluding diaryl/α,β-unsaturated/α-hetero) is 1. The zero-order chi connectivity index (χ0) is 39.3. The molecule has 286 valence electrons. The average molecular weight is 747 g/mol. The number of esters is 1. The van der Waals surface area contributed by atoms with E-state index in [0.717, 1.165) is 40.4 Å². The van der Waals surface area contributed by atoms with Gasteiger partial charge in [-0.05, 0) is 94.8 Å². The van der Waals surface area contributed by atoms with E-state index in [4.69, 9.17) is 23.7 Å². The molecule has 2 aromatic carbocycles. The molecular weight excluding hydrogens is 700 g/mol. The van der Waals surface area contributed by atoms with Crippen LogP contribution in [0.1, 0.15) is 66.9 Å². The molecule has 13 nitrogen and oxygen atoms in total. The molecule has 0 aliphatic carbocycles. The number of fused-ring (bicyclic) bond motifs is 2. The van der Waals surface area contributed by atoms with Crippen LogP contribution >= 0.6 is 0 Å². The molecule has 2 N–H and O–H groups in total. The van der Waals surface area contributed by atoms with E-state index in [0.29, 0.717) is 70.3 Å². The van der Waals surface area contributed by atoms with Crippen molar-refractivity contribution in [2.75, 3.05) is 44.7 Å². The van der Waals surface area contributed by atoms with Gasteiger partial charge in [-0.15, -0.1) is 0 Å². The van der Waals surface area contributed by atoms with E-state index in [1.165, 1.54) is 6.20 Å². The topological polar surface area (TPSA) is 156 Å². The van der Waals surface area contributed by atoms with Crippen LogP contribution < -0.4 is 29.6 Å². The van der Waals surface area contributed by atoms with Gasteiger partial charge in [-0.1, -0.05) is 6.92 Å². The first kappa shape index (κ1) is 39.7. The van der Waals surface area contributed by atoms with Crippen LogP contribution in [0.2, 0.25) is 0 Å². The van der Waals surface area contributed by atoms with Crippen molar-refractivity contribution in [1.82, 2.24) is 19.9 Å². The minimum atomic E-state index is -0.454. The standard InChI is InChI=1S/C22H25N3O3.C20H21N3O4/c1-5-7-19(26)18-13-23-22-17(12-20(28-6-2)14(3)24-22)21(18)25-15-8-10-16(27-4)11-9-15;1-4-26-15-10-16-18(23-13-6-8-14(25-3)9-7-13)17(20(24)27-5-2)12-22-19(16)21-11-15/h8-13H,5-7H2,1-4H3,(H,23,24,25);6-12H,4-5H2,1-3H3,(H,21,22,23). The van der Waals surface area contributed by atoms with Crippen LogP contribution in [0, 0.1) is 6.92 Å². The van der Waals surface area contributed by atoms with Crippen LogP contribution in [-0.4, -0.2) is 65.7 Å². The predicted molar refractivity (Wildman–Crippen MR) is 214 cm³/mol. The summed E-state index contributed by atoms with van der Waals surface area (Å²) in [6.07, 6.45) is 5.93. The molecule has 0 unspecified atom stereocenters. The van der Waals surface area contributed by atoms with Crippen molar-refractivity contribution in [3.05, 3.63) is 96.1 Å². The Labute approximate surface area is 320 Å². The number of rotatable bonds is 15. The molecule has 4 aromatic heterocycles. The van der Waals surface area contributed by atoms with Crippen molar-refractivity contribution in [3.8, 4) is 23.0 Å². The number of hydrogen-bond acceptors (Lipinski definition) is 13. The van der Waals surface area contributed by atoms with Gasteiger partial charge in [-0.25, -0.2) is 24.7 Å². The Morgan fingerprint density at radius 3 is 1.75 bits per heavy atom. The van der Waals surface area contributed by atoms with Gasteiger partial charge in [-0.2, -0.15) is 0 Å². The number of anilines is 4. The Morgan fingerprint density at radius 1 is 0.636 bits per heavy atom. The number of ketones is 1. The molecule has 0 aliphatic rings. The highest BCUT2D eigenvalue weighted by molar-refractivity contribution is 6.09. The first-order valence-corrected chi connectivity index (χ1v) is 18.1. The number of benzene rings is 2. The second-order valence-electron chi connectivity index (χ2n) is 12.0. The number of nitrogens with one attached hydrogen (secondary N) is 2. The van der Waals surface area contributed by atoms with Gasteiger partial charge in [0.25, 0.3) is 0 Å². The number of hydrogen-bond donors (Lipinski definition) is 2. The van der Waals surface area contributed by atoms with Gasteiger partial charge < -0.3 is 34.3 Å². The highest BCUT2D eigenvalue weighted by atomic mass is 16.5. The number of nitrogens with zero attached hydrogens (tertiary/aromatic N) is 4. The van der Waals surface area contributed by atoms with Gasteiger partial charge in [0.2, 0.25) is 0 Å². The molecule has 0 saturated carbocycles. The van der Waals surface area contributed by atoms with Crippen molar-refractivity contribution in [2.45, 2.75) is 47.5 Å². The van der Waals surface area contributed by atoms with Crippen molar-refractivity contribution in [2.24, 2.45) is 0 Å². The molecule has 0 bridgehead atoms. The molecular formula is C42H46N6O7. The smallest absolute Gasteiger partial charge is 0.341 e. The fraction of sp³-hybridized carbons (Fsp3) is 0.286. The summed E-state index contributed by atoms with van der Waals surface area (Å²) in [5, 5.41) is 8.09. The molecule has 0 amide bonds. The molecule has 4 heterocycles. The highest BCUT2D eigenvalue weighted by Gasteiger charge is 2.20. The molecule has 0 atom stereocenters. The Kier molecular flexibility index (Phi) is 13.7. The summed E-state index contributed by atoms with van der Waals surface area (Å²) in [7, 11) is 3.24. The minimum Gasteiger partial charge on any atom is -0.497 e. The summed E-state index contributed by atoms with van der Waals surface area (Å²) >= 11 is 0. The SMILES string of the molecule is CCCC(=O)c1cnc2nc(C)c(OCC)cc2c1Nc1ccc(OC)cc1.CCOC(=O)c1cnc2ncc(OCC)cc2c1Nc1ccc(OC)cc1. The summed E-state index contributed by atoms with van der Waals surface area (Å²) in [5.41, 5.74) is 5.62. The first-order chi connectivity index (χ1) is 26.7. The third kappa shape index (κ3) is 9.74. The van der Waals surface area contributed by atoms with Gasteiger partial charge in [0.15, 0.2) is 17.1 Å². The van der Waals surface area contributed by atoms with Gasteiger partial charge in [-0.3, -0.25) is 4.79 Å². The second-order valence-corrected chi connectivity index (χ2v) is 12.0. The summed E-state index contributed by atoms with van der Waals surface area (Å²) < 4.78 is 26.8. The molecule has 0 fully saturated rings. The molecule has 0 saturated heterocycles. The molecule has 6 rings (SSSR count). The summed E-state index contributed by atoms with van der Waals surface area (Å²) in [4.78, 5) is 42.8. The number of ether oxygens (including phenoxy) is 5. The number of carbonyl (C=O) groups excluding carboxylic acids is 2. The number of carbonyl (C=O) groups is 2. The maximum Gasteiger partial charge on any atom is 0.341 e. The van der Waals surface area contributed by atoms with E-state index < -0.39 is 5.97 Å². The van der Waals surface area contributed by atoms with Crippen molar-refractivity contribution in [3.63, 3.8) is 0 Å². The summed E-state index contributed by atoms with van der Waals surface area (Å²) in [6.45, 7) is 10.8. The van der Waals surface area contributed by atoms with Crippen LogP contribution in [0.4, 0.5) is 22.7 Å². The summed E-state index contributed by atoms with van der Waals surface area (Å²) in [6, 6.07) is 18.7. The minimum absolute atomic E-state index is 0.0476. The normalized spacial score (nSPS) is 10.6. The van der Waals surface area contributed by atoms with Gasteiger partial charge in [0.05, 0.1) is 62.9 Å². The maximum absolute atomic E-state index is 12.7. The largest absolute Gasteiger partial charge is 0.497 e. The van der Waals surface area contributed by atoms with Crippen LogP contribution in [0.3, 0.4) is 0 Å². The zero-order valence-electron chi connectivity index (χ0n) is 32.2. The van der Waals surface area contributed by atoms with E-state index in [-0.39, 0.29) is 12.4 Å². The van der Waals surface area contributed by atoms with Crippen molar-refractivity contribution < 1.29 is 33.3 Å². The highest BCUT2D eigenvalue weighted by Crippen LogP contribution is 2.34. The van der Waals surface area contributed by atoms with Crippen molar-refractivity contribution in [1.29, 1.82) is 0 Å². The van der Waals surface area contributed by atoms with E-state index in [9.17, 15) is 9.59 Å². The fourth-order valence-electron chi connectivity index (χ4n) is 5.64. The lowest BCUT2D eigenvalue weighted by Gasteiger charge is -2.16. The molecule has 55 heavy (non-hydrogen) atoms. The Hall–Kier alpha value is -6.50. The van der Waals surface area contributed by atoms with Gasteiger partial charge in [0, 0.05) is 41.0 Å². The van der Waals surface area contributed by atoms with Crippen molar-refractivity contribution >= 4 is 56.6 Å². The molecule has 0 radical (unpaired) electrons. The number of methoxy groups -OCH3 is 2. The zero-order valence-corrected chi connectivity index (χ0v) is 32.2. The summed E-state index contributed by atoms with van der Waals surface area (Å²) in [5.74, 6) is 2.39. The number of pyridine rings is 4. The third-order valence-corrected chi connectivity index (χ3v) is 8.30. The van der Waals surface area contributed by atoms with Crippen LogP contribution in [-0.2, 0) is 4.74 Å². The third-order valence-electron chi connectivity index (χ3n) is 8.30. The predicted octanol–water partition coefficient (Wildman–Crippen LogP) is 9.03. The van der Waals surface area contributed by atoms with Gasteiger partial charge >= 0.3 is 5.97 Å². The average Bonchev–Trinajstić information content (AvgIpc) is 3.20. The van der Waals surface area contributed by atoms with Crippen LogP contribution in [0.15, 0.2) is 79.3 Å². The van der Waals surface area contributed by atoms with Crippen LogP contribution in [0.25, 0.3) is 22.1 Å².